The zero-order valence-electron chi connectivity index (χ0n) is 17.1. The van der Waals surface area contributed by atoms with E-state index in [1.54, 1.807) is 18.3 Å². The van der Waals surface area contributed by atoms with Gasteiger partial charge in [-0.25, -0.2) is 4.99 Å². The molecule has 1 amide bonds. The van der Waals surface area contributed by atoms with Crippen molar-refractivity contribution in [2.75, 3.05) is 32.4 Å². The number of aliphatic imine (C=N–C) groups is 1. The first-order valence-corrected chi connectivity index (χ1v) is 10.7. The van der Waals surface area contributed by atoms with Gasteiger partial charge in [0.25, 0.3) is 5.91 Å². The zero-order valence-corrected chi connectivity index (χ0v) is 17.9. The van der Waals surface area contributed by atoms with Gasteiger partial charge in [0.2, 0.25) is 0 Å². The van der Waals surface area contributed by atoms with Crippen LogP contribution in [0.3, 0.4) is 0 Å². The molecule has 0 bridgehead atoms. The minimum atomic E-state index is -0.00942. The molecule has 9 heteroatoms. The summed E-state index contributed by atoms with van der Waals surface area (Å²) in [5.74, 6) is 0.237. The van der Waals surface area contributed by atoms with Gasteiger partial charge in [0.05, 0.1) is 16.1 Å². The first-order valence-electron chi connectivity index (χ1n) is 9.92. The summed E-state index contributed by atoms with van der Waals surface area (Å²) in [5, 5.41) is 0.840. The van der Waals surface area contributed by atoms with Gasteiger partial charge in [-0.3, -0.25) is 14.7 Å². The van der Waals surface area contributed by atoms with E-state index in [9.17, 15) is 4.79 Å². The molecule has 1 unspecified atom stereocenters. The van der Waals surface area contributed by atoms with Gasteiger partial charge in [-0.2, -0.15) is 4.37 Å². The molecule has 1 fully saturated rings. The molecule has 1 saturated heterocycles. The number of rotatable bonds is 4. The molecule has 0 radical (unpaired) electrons. The van der Waals surface area contributed by atoms with Crippen LogP contribution in [0.2, 0.25) is 0 Å². The molecule has 1 aromatic carbocycles. The van der Waals surface area contributed by atoms with Gasteiger partial charge in [0, 0.05) is 37.3 Å². The quantitative estimate of drug-likeness (QED) is 0.492. The van der Waals surface area contributed by atoms with E-state index in [4.69, 9.17) is 11.5 Å². The summed E-state index contributed by atoms with van der Waals surface area (Å²) in [6.45, 7) is 4.48. The fourth-order valence-electron chi connectivity index (χ4n) is 3.69. The Labute approximate surface area is 179 Å². The summed E-state index contributed by atoms with van der Waals surface area (Å²) < 4.78 is 5.35. The zero-order chi connectivity index (χ0) is 21.3. The number of piperazine rings is 1. The van der Waals surface area contributed by atoms with Gasteiger partial charge >= 0.3 is 0 Å². The molecule has 3 aromatic rings. The Kier molecular flexibility index (Phi) is 5.65. The Morgan fingerprint density at radius 3 is 2.90 bits per heavy atom. The molecule has 1 aliphatic heterocycles. The normalized spacial score (nSPS) is 18.1. The number of likely N-dealkylation sites (N-methyl/N-ethyl adjacent to an activating group) is 1. The number of carbonyl (C=O) groups is 1. The lowest BCUT2D eigenvalue weighted by Gasteiger charge is -2.38. The van der Waals surface area contributed by atoms with E-state index < -0.39 is 0 Å². The minimum Gasteiger partial charge on any atom is -0.397 e. The van der Waals surface area contributed by atoms with Crippen LogP contribution < -0.4 is 11.5 Å². The van der Waals surface area contributed by atoms with Crippen LogP contribution in [0.4, 0.5) is 11.4 Å². The van der Waals surface area contributed by atoms with Crippen molar-refractivity contribution in [1.82, 2.24) is 19.2 Å². The lowest BCUT2D eigenvalue weighted by Crippen LogP contribution is -2.53. The number of nitrogen functional groups attached to an aromatic ring is 1. The SMILES string of the molecule is CCC1CN(C(=O)c2nsc3cc(N=C(N)c4ncccc4N)ccc23)CCN1C. The van der Waals surface area contributed by atoms with Crippen molar-refractivity contribution in [1.29, 1.82) is 0 Å². The minimum absolute atomic E-state index is 0.00942. The van der Waals surface area contributed by atoms with Gasteiger partial charge in [-0.1, -0.05) is 6.92 Å². The van der Waals surface area contributed by atoms with Gasteiger partial charge in [0.15, 0.2) is 5.84 Å². The highest BCUT2D eigenvalue weighted by atomic mass is 32.1. The summed E-state index contributed by atoms with van der Waals surface area (Å²) >= 11 is 1.30. The van der Waals surface area contributed by atoms with Crippen LogP contribution in [0.5, 0.6) is 0 Å². The molecule has 4 rings (SSSR count). The van der Waals surface area contributed by atoms with Gasteiger partial charge in [0.1, 0.15) is 11.4 Å². The summed E-state index contributed by atoms with van der Waals surface area (Å²) in [7, 11) is 2.11. The van der Waals surface area contributed by atoms with Gasteiger partial charge in [-0.05, 0) is 55.3 Å². The summed E-state index contributed by atoms with van der Waals surface area (Å²) in [6, 6.07) is 9.46. The summed E-state index contributed by atoms with van der Waals surface area (Å²) in [4.78, 5) is 26.0. The van der Waals surface area contributed by atoms with Crippen LogP contribution in [-0.4, -0.2) is 63.6 Å². The van der Waals surface area contributed by atoms with Crippen LogP contribution in [0.15, 0.2) is 41.5 Å². The number of fused-ring (bicyclic) bond motifs is 1. The van der Waals surface area contributed by atoms with Crippen LogP contribution >= 0.6 is 11.5 Å². The van der Waals surface area contributed by atoms with Crippen molar-refractivity contribution < 1.29 is 4.79 Å². The molecule has 2 aromatic heterocycles. The third kappa shape index (κ3) is 3.86. The lowest BCUT2D eigenvalue weighted by atomic mass is 10.1. The standard InChI is InChI=1S/C21H25N7OS/c1-3-14-12-28(10-9-27(14)2)21(29)18-15-7-6-13(11-17(15)30-26-18)25-20(23)19-16(22)5-4-8-24-19/h4-8,11,14H,3,9-10,12,22H2,1-2H3,(H2,23,25). The Morgan fingerprint density at radius 1 is 1.30 bits per heavy atom. The van der Waals surface area contributed by atoms with Crippen LogP contribution in [-0.2, 0) is 0 Å². The van der Waals surface area contributed by atoms with Gasteiger partial charge in [-0.15, -0.1) is 0 Å². The highest BCUT2D eigenvalue weighted by molar-refractivity contribution is 7.13. The average Bonchev–Trinajstić information content (AvgIpc) is 3.17. The number of hydrogen-bond acceptors (Lipinski definition) is 7. The molecule has 0 aliphatic carbocycles. The lowest BCUT2D eigenvalue weighted by molar-refractivity contribution is 0.0539. The number of nitrogens with zero attached hydrogens (tertiary/aromatic N) is 5. The second-order valence-electron chi connectivity index (χ2n) is 7.44. The second kappa shape index (κ2) is 8.37. The summed E-state index contributed by atoms with van der Waals surface area (Å²) in [6.07, 6.45) is 2.64. The van der Waals surface area contributed by atoms with Crippen molar-refractivity contribution in [3.8, 4) is 0 Å². The Morgan fingerprint density at radius 2 is 2.13 bits per heavy atom. The molecule has 30 heavy (non-hydrogen) atoms. The molecule has 156 valence electrons. The third-order valence-corrected chi connectivity index (χ3v) is 6.33. The molecule has 4 N–H and O–H groups in total. The monoisotopic (exact) mass is 423 g/mol. The summed E-state index contributed by atoms with van der Waals surface area (Å²) in [5.41, 5.74) is 14.1. The number of hydrogen-bond donors (Lipinski definition) is 2. The largest absolute Gasteiger partial charge is 0.397 e. The average molecular weight is 424 g/mol. The smallest absolute Gasteiger partial charge is 0.274 e. The highest BCUT2D eigenvalue weighted by Crippen LogP contribution is 2.29. The molecule has 0 spiro atoms. The molecule has 8 nitrogen and oxygen atoms in total. The number of pyridine rings is 1. The molecule has 3 heterocycles. The topological polar surface area (TPSA) is 114 Å². The van der Waals surface area contributed by atoms with Crippen molar-refractivity contribution in [2.24, 2.45) is 10.7 Å². The van der Waals surface area contributed by atoms with Crippen LogP contribution in [0, 0.1) is 0 Å². The maximum Gasteiger partial charge on any atom is 0.274 e. The number of amidine groups is 1. The van der Waals surface area contributed by atoms with Crippen LogP contribution in [0.1, 0.15) is 29.5 Å². The Bertz CT molecular complexity index is 1110. The van der Waals surface area contributed by atoms with E-state index in [2.05, 4.69) is 33.2 Å². The van der Waals surface area contributed by atoms with Crippen molar-refractivity contribution in [3.63, 3.8) is 0 Å². The van der Waals surface area contributed by atoms with Crippen LogP contribution in [0.25, 0.3) is 10.1 Å². The molecular formula is C21H25N7OS. The van der Waals surface area contributed by atoms with E-state index in [0.29, 0.717) is 28.8 Å². The van der Waals surface area contributed by atoms with Crippen molar-refractivity contribution in [3.05, 3.63) is 47.9 Å². The van der Waals surface area contributed by atoms with Crippen molar-refractivity contribution >= 4 is 44.7 Å². The van der Waals surface area contributed by atoms with Gasteiger partial charge < -0.3 is 16.4 Å². The number of nitrogens with two attached hydrogens (primary N) is 2. The number of carbonyl (C=O) groups excluding carboxylic acids is 1. The fraction of sp³-hybridized carbons (Fsp3) is 0.333. The number of amides is 1. The second-order valence-corrected chi connectivity index (χ2v) is 8.25. The predicted molar refractivity (Wildman–Crippen MR) is 121 cm³/mol. The number of anilines is 1. The predicted octanol–water partition coefficient (Wildman–Crippen LogP) is 2.48. The van der Waals surface area contributed by atoms with Crippen molar-refractivity contribution in [2.45, 2.75) is 19.4 Å². The maximum absolute atomic E-state index is 13.1. The first kappa shape index (κ1) is 20.2. The first-order chi connectivity index (χ1) is 14.5. The number of aromatic nitrogens is 2. The molecule has 0 saturated carbocycles. The fourth-order valence-corrected chi connectivity index (χ4v) is 4.50. The Hall–Kier alpha value is -3.04. The van der Waals surface area contributed by atoms with E-state index in [1.807, 2.05) is 23.1 Å². The molecule has 1 aliphatic rings. The Balaban J connectivity index is 1.59. The maximum atomic E-state index is 13.1. The molecular weight excluding hydrogens is 398 g/mol. The van der Waals surface area contributed by atoms with E-state index in [-0.39, 0.29) is 11.7 Å². The molecule has 1 atom stereocenters. The van der Waals surface area contributed by atoms with E-state index in [1.165, 1.54) is 11.5 Å². The highest BCUT2D eigenvalue weighted by Gasteiger charge is 2.28. The number of benzene rings is 1. The van der Waals surface area contributed by atoms with E-state index >= 15 is 0 Å². The third-order valence-electron chi connectivity index (χ3n) is 5.52. The van der Waals surface area contributed by atoms with E-state index in [0.717, 1.165) is 36.1 Å².